The summed E-state index contributed by atoms with van der Waals surface area (Å²) in [5.41, 5.74) is 4.76. The van der Waals surface area contributed by atoms with E-state index in [2.05, 4.69) is 5.32 Å². The number of anilines is 1. The molecule has 1 aliphatic heterocycles. The number of nitrogens with one attached hydrogen (secondary N) is 1. The van der Waals surface area contributed by atoms with Crippen molar-refractivity contribution in [3.05, 3.63) is 95.1 Å². The Bertz CT molecular complexity index is 1350. The lowest BCUT2D eigenvalue weighted by Crippen LogP contribution is -2.45. The summed E-state index contributed by atoms with van der Waals surface area (Å²) < 4.78 is 10.3. The van der Waals surface area contributed by atoms with Crippen LogP contribution in [0, 0.1) is 11.8 Å². The highest BCUT2D eigenvalue weighted by Crippen LogP contribution is 2.61. The molecule has 0 unspecified atom stereocenters. The average molecular weight is 511 g/mol. The smallest absolute Gasteiger partial charge is 0.329 e. The predicted molar refractivity (Wildman–Crippen MR) is 137 cm³/mol. The molecule has 2 bridgehead atoms. The number of rotatable bonds is 6. The molecule has 3 aliphatic carbocycles. The van der Waals surface area contributed by atoms with Gasteiger partial charge in [0.2, 0.25) is 11.8 Å². The summed E-state index contributed by atoms with van der Waals surface area (Å²) in [6.07, 6.45) is 0. The van der Waals surface area contributed by atoms with Crippen LogP contribution in [0.4, 0.5) is 5.69 Å². The molecule has 38 heavy (non-hydrogen) atoms. The van der Waals surface area contributed by atoms with Gasteiger partial charge in [-0.15, -0.1) is 0 Å². The molecule has 1 saturated heterocycles. The first kappa shape index (κ1) is 23.9. The van der Waals surface area contributed by atoms with E-state index in [4.69, 9.17) is 9.47 Å². The maximum Gasteiger partial charge on any atom is 0.329 e. The predicted octanol–water partition coefficient (Wildman–Crippen LogP) is 3.46. The van der Waals surface area contributed by atoms with Crippen LogP contribution < -0.4 is 10.1 Å². The molecule has 8 heteroatoms. The van der Waals surface area contributed by atoms with Crippen molar-refractivity contribution in [1.29, 1.82) is 0 Å². The van der Waals surface area contributed by atoms with E-state index in [1.165, 1.54) is 6.92 Å². The van der Waals surface area contributed by atoms with Gasteiger partial charge < -0.3 is 14.8 Å². The number of amides is 3. The zero-order valence-corrected chi connectivity index (χ0v) is 20.9. The Morgan fingerprint density at radius 3 is 1.74 bits per heavy atom. The second-order valence-electron chi connectivity index (χ2n) is 9.87. The van der Waals surface area contributed by atoms with E-state index >= 15 is 0 Å². The number of hydrogen-bond acceptors (Lipinski definition) is 6. The molecule has 192 valence electrons. The van der Waals surface area contributed by atoms with Crippen molar-refractivity contribution >= 4 is 29.4 Å². The summed E-state index contributed by atoms with van der Waals surface area (Å²) in [5.74, 6) is -3.10. The number of hydrogen-bond donors (Lipinski definition) is 1. The number of nitrogens with zero attached hydrogens (tertiary/aromatic N) is 1. The van der Waals surface area contributed by atoms with Crippen LogP contribution in [-0.4, -0.2) is 48.3 Å². The number of ether oxygens (including phenoxy) is 2. The molecule has 1 fully saturated rings. The van der Waals surface area contributed by atoms with Crippen LogP contribution in [0.25, 0.3) is 0 Å². The van der Waals surface area contributed by atoms with Crippen LogP contribution in [0.3, 0.4) is 0 Å². The van der Waals surface area contributed by atoms with E-state index < -0.39 is 36.4 Å². The Morgan fingerprint density at radius 1 is 0.816 bits per heavy atom. The van der Waals surface area contributed by atoms with Gasteiger partial charge in [-0.25, -0.2) is 4.79 Å². The van der Waals surface area contributed by atoms with Gasteiger partial charge in [-0.1, -0.05) is 48.5 Å². The van der Waals surface area contributed by atoms with Crippen LogP contribution >= 0.6 is 0 Å². The molecule has 0 spiro atoms. The molecular weight excluding hydrogens is 484 g/mol. The van der Waals surface area contributed by atoms with Crippen molar-refractivity contribution in [2.45, 2.75) is 24.8 Å². The third kappa shape index (κ3) is 3.59. The van der Waals surface area contributed by atoms with Crippen molar-refractivity contribution in [3.63, 3.8) is 0 Å². The highest BCUT2D eigenvalue weighted by atomic mass is 16.5. The lowest BCUT2D eigenvalue weighted by Gasteiger charge is -2.45. The first-order chi connectivity index (χ1) is 18.4. The van der Waals surface area contributed by atoms with E-state index in [0.717, 1.165) is 27.2 Å². The van der Waals surface area contributed by atoms with Gasteiger partial charge >= 0.3 is 5.97 Å². The van der Waals surface area contributed by atoms with Crippen molar-refractivity contribution in [3.8, 4) is 5.75 Å². The monoisotopic (exact) mass is 510 g/mol. The summed E-state index contributed by atoms with van der Waals surface area (Å²) >= 11 is 0. The van der Waals surface area contributed by atoms with E-state index in [1.54, 1.807) is 31.4 Å². The third-order valence-corrected chi connectivity index (χ3v) is 7.93. The van der Waals surface area contributed by atoms with E-state index in [-0.39, 0.29) is 23.7 Å². The highest BCUT2D eigenvalue weighted by molar-refractivity contribution is 6.10. The molecule has 1 heterocycles. The van der Waals surface area contributed by atoms with Crippen molar-refractivity contribution in [2.75, 3.05) is 19.0 Å². The molecule has 4 aliphatic rings. The molecule has 0 aromatic heterocycles. The van der Waals surface area contributed by atoms with Gasteiger partial charge in [0.25, 0.3) is 5.91 Å². The standard InChI is InChI=1S/C30H26N2O6/c1-16(30(36)38-15-23(33)31-17-11-13-18(37-2)14-12-17)32-28(34)26-24-19-7-3-4-8-20(19)25(27(26)29(32)35)22-10-6-5-9-21(22)24/h3-14,16,24-27H,15H2,1-2H3,(H,31,33)/t16-,24?,25?,26-,27-/m0/s1. The first-order valence-electron chi connectivity index (χ1n) is 12.6. The topological polar surface area (TPSA) is 102 Å². The number of likely N-dealkylation sites (tertiary alicyclic amines) is 1. The zero-order chi connectivity index (χ0) is 26.6. The van der Waals surface area contributed by atoms with E-state index in [9.17, 15) is 19.2 Å². The largest absolute Gasteiger partial charge is 0.497 e. The fraction of sp³-hybridized carbons (Fsp3) is 0.267. The quantitative estimate of drug-likeness (QED) is 0.403. The van der Waals surface area contributed by atoms with Crippen LogP contribution in [0.5, 0.6) is 5.75 Å². The molecule has 0 saturated carbocycles. The maximum absolute atomic E-state index is 13.7. The Balaban J connectivity index is 1.19. The number of benzene rings is 3. The van der Waals surface area contributed by atoms with Gasteiger partial charge in [0.05, 0.1) is 18.9 Å². The molecule has 8 nitrogen and oxygen atoms in total. The van der Waals surface area contributed by atoms with Crippen LogP contribution in [0.1, 0.15) is 41.0 Å². The minimum absolute atomic E-state index is 0.252. The maximum atomic E-state index is 13.7. The lowest BCUT2D eigenvalue weighted by molar-refractivity contribution is -0.159. The molecule has 3 aromatic carbocycles. The van der Waals surface area contributed by atoms with Crippen molar-refractivity contribution in [1.82, 2.24) is 4.90 Å². The van der Waals surface area contributed by atoms with E-state index in [1.807, 2.05) is 48.5 Å². The molecule has 0 radical (unpaired) electrons. The minimum atomic E-state index is -1.15. The lowest BCUT2D eigenvalue weighted by atomic mass is 9.55. The summed E-state index contributed by atoms with van der Waals surface area (Å²) in [6.45, 7) is 0.930. The number of carbonyl (C=O) groups is 4. The fourth-order valence-corrected chi connectivity index (χ4v) is 6.32. The van der Waals surface area contributed by atoms with Crippen LogP contribution in [-0.2, 0) is 23.9 Å². The number of esters is 1. The summed E-state index contributed by atoms with van der Waals surface area (Å²) in [4.78, 5) is 53.8. The molecular formula is C30H26N2O6. The number of methoxy groups -OCH3 is 1. The van der Waals surface area contributed by atoms with Crippen molar-refractivity contribution < 1.29 is 28.7 Å². The average Bonchev–Trinajstić information content (AvgIpc) is 3.21. The Morgan fingerprint density at radius 2 is 1.29 bits per heavy atom. The van der Waals surface area contributed by atoms with Gasteiger partial charge in [-0.05, 0) is 53.4 Å². The molecule has 3 aromatic rings. The first-order valence-corrected chi connectivity index (χ1v) is 12.6. The summed E-state index contributed by atoms with van der Waals surface area (Å²) in [6, 6.07) is 21.5. The third-order valence-electron chi connectivity index (χ3n) is 7.93. The number of carbonyl (C=O) groups excluding carboxylic acids is 4. The number of imide groups is 1. The molecule has 3 amide bonds. The Labute approximate surface area is 219 Å². The zero-order valence-electron chi connectivity index (χ0n) is 20.9. The Hall–Kier alpha value is -4.46. The van der Waals surface area contributed by atoms with Crippen molar-refractivity contribution in [2.24, 2.45) is 11.8 Å². The van der Waals surface area contributed by atoms with Gasteiger partial charge in [-0.2, -0.15) is 0 Å². The second kappa shape index (κ2) is 9.13. The molecule has 3 atom stereocenters. The van der Waals surface area contributed by atoms with E-state index in [0.29, 0.717) is 11.4 Å². The minimum Gasteiger partial charge on any atom is -0.497 e. The van der Waals surface area contributed by atoms with Gasteiger partial charge in [0, 0.05) is 17.5 Å². The highest BCUT2D eigenvalue weighted by Gasteiger charge is 2.62. The molecule has 1 N–H and O–H groups in total. The van der Waals surface area contributed by atoms with Gasteiger partial charge in [0.1, 0.15) is 11.8 Å². The SMILES string of the molecule is COc1ccc(NC(=O)COC(=O)[C@H](C)N2C(=O)[C@H]3C4c5ccccc5C(c5ccccc54)[C@@H]3C2=O)cc1. The summed E-state index contributed by atoms with van der Waals surface area (Å²) in [7, 11) is 1.54. The van der Waals surface area contributed by atoms with Gasteiger partial charge in [0.15, 0.2) is 6.61 Å². The van der Waals surface area contributed by atoms with Crippen LogP contribution in [0.15, 0.2) is 72.8 Å². The Kier molecular flexibility index (Phi) is 5.75. The molecule has 7 rings (SSSR count). The van der Waals surface area contributed by atoms with Crippen LogP contribution in [0.2, 0.25) is 0 Å². The second-order valence-corrected chi connectivity index (χ2v) is 9.87. The van der Waals surface area contributed by atoms with Gasteiger partial charge in [-0.3, -0.25) is 19.3 Å². The fourth-order valence-electron chi connectivity index (χ4n) is 6.32. The summed E-state index contributed by atoms with van der Waals surface area (Å²) in [5, 5.41) is 2.64. The normalized spacial score (nSPS) is 23.3.